The van der Waals surface area contributed by atoms with Gasteiger partial charge in [0.15, 0.2) is 0 Å². The van der Waals surface area contributed by atoms with Crippen LogP contribution in [0.5, 0.6) is 0 Å². The Morgan fingerprint density at radius 2 is 1.88 bits per heavy atom. The highest BCUT2D eigenvalue weighted by molar-refractivity contribution is 6.07. The van der Waals surface area contributed by atoms with E-state index in [4.69, 9.17) is 5.11 Å². The van der Waals surface area contributed by atoms with Crippen LogP contribution in [0.1, 0.15) is 44.9 Å². The second-order valence-electron chi connectivity index (χ2n) is 4.93. The summed E-state index contributed by atoms with van der Waals surface area (Å²) in [5.74, 6) is -0.109. The van der Waals surface area contributed by atoms with Gasteiger partial charge in [-0.15, -0.1) is 0 Å². The summed E-state index contributed by atoms with van der Waals surface area (Å²) in [5, 5.41) is 11.1. The number of rotatable bonds is 5. The van der Waals surface area contributed by atoms with Crippen molar-refractivity contribution in [3.8, 4) is 0 Å². The van der Waals surface area contributed by atoms with Crippen molar-refractivity contribution in [2.75, 3.05) is 13.2 Å². The summed E-state index contributed by atoms with van der Waals surface area (Å²) in [7, 11) is 0. The molecule has 2 aliphatic rings. The zero-order valence-electron chi connectivity index (χ0n) is 10.1. The van der Waals surface area contributed by atoms with Crippen LogP contribution in [-0.2, 0) is 4.79 Å². The molecule has 96 valence electrons. The molecule has 0 aromatic heterocycles. The molecule has 5 heteroatoms. The molecule has 0 aromatic carbocycles. The SMILES string of the molecule is O=C1NC(=O)C2(CCCC2)N1CCCCCO. The van der Waals surface area contributed by atoms with E-state index < -0.39 is 5.54 Å². The molecule has 0 unspecified atom stereocenters. The molecule has 1 aliphatic carbocycles. The van der Waals surface area contributed by atoms with Crippen LogP contribution in [0.25, 0.3) is 0 Å². The fraction of sp³-hybridized carbons (Fsp3) is 0.833. The summed E-state index contributed by atoms with van der Waals surface area (Å²) in [4.78, 5) is 25.4. The predicted octanol–water partition coefficient (Wildman–Crippen LogP) is 1.01. The highest BCUT2D eigenvalue weighted by Crippen LogP contribution is 2.38. The zero-order valence-corrected chi connectivity index (χ0v) is 10.1. The molecule has 1 saturated carbocycles. The first-order valence-corrected chi connectivity index (χ1v) is 6.45. The van der Waals surface area contributed by atoms with Gasteiger partial charge < -0.3 is 10.0 Å². The number of urea groups is 1. The summed E-state index contributed by atoms with van der Waals surface area (Å²) in [6.45, 7) is 0.813. The number of imide groups is 1. The average molecular weight is 240 g/mol. The van der Waals surface area contributed by atoms with E-state index in [1.54, 1.807) is 4.90 Å². The Hall–Kier alpha value is -1.10. The first-order chi connectivity index (χ1) is 8.20. The van der Waals surface area contributed by atoms with Crippen molar-refractivity contribution in [1.29, 1.82) is 0 Å². The molecule has 0 atom stereocenters. The third-order valence-electron chi connectivity index (χ3n) is 3.88. The highest BCUT2D eigenvalue weighted by atomic mass is 16.3. The van der Waals surface area contributed by atoms with Gasteiger partial charge in [-0.05, 0) is 32.1 Å². The molecule has 3 amide bonds. The number of carbonyl (C=O) groups excluding carboxylic acids is 2. The number of nitrogens with one attached hydrogen (secondary N) is 1. The van der Waals surface area contributed by atoms with E-state index in [0.29, 0.717) is 6.54 Å². The molecule has 0 radical (unpaired) electrons. The minimum Gasteiger partial charge on any atom is -0.396 e. The number of unbranched alkanes of at least 4 members (excludes halogenated alkanes) is 2. The number of aliphatic hydroxyl groups excluding tert-OH is 1. The van der Waals surface area contributed by atoms with Gasteiger partial charge >= 0.3 is 6.03 Å². The summed E-state index contributed by atoms with van der Waals surface area (Å²) < 4.78 is 0. The number of carbonyl (C=O) groups is 2. The van der Waals surface area contributed by atoms with Crippen LogP contribution < -0.4 is 5.32 Å². The first-order valence-electron chi connectivity index (χ1n) is 6.45. The molecule has 2 fully saturated rings. The second kappa shape index (κ2) is 5.04. The van der Waals surface area contributed by atoms with Gasteiger partial charge in [-0.25, -0.2) is 4.79 Å². The van der Waals surface area contributed by atoms with Gasteiger partial charge in [-0.2, -0.15) is 0 Å². The van der Waals surface area contributed by atoms with Crippen molar-refractivity contribution in [2.45, 2.75) is 50.5 Å². The molecule has 1 heterocycles. The second-order valence-corrected chi connectivity index (χ2v) is 4.93. The van der Waals surface area contributed by atoms with Crippen molar-refractivity contribution >= 4 is 11.9 Å². The maximum Gasteiger partial charge on any atom is 0.325 e. The number of nitrogens with zero attached hydrogens (tertiary/aromatic N) is 1. The normalized spacial score (nSPS) is 22.5. The van der Waals surface area contributed by atoms with E-state index in [1.165, 1.54) is 0 Å². The van der Waals surface area contributed by atoms with Crippen LogP contribution in [-0.4, -0.2) is 40.6 Å². The van der Waals surface area contributed by atoms with Crippen LogP contribution in [0.3, 0.4) is 0 Å². The molecule has 0 aromatic rings. The maximum atomic E-state index is 11.9. The van der Waals surface area contributed by atoms with Gasteiger partial charge in [0.2, 0.25) is 0 Å². The number of amides is 3. The van der Waals surface area contributed by atoms with E-state index in [1.807, 2.05) is 0 Å². The van der Waals surface area contributed by atoms with Crippen LogP contribution >= 0.6 is 0 Å². The standard InChI is InChI=1S/C12H20N2O3/c15-9-5-1-4-8-14-11(17)13-10(16)12(14)6-2-3-7-12/h15H,1-9H2,(H,13,16,17). The van der Waals surface area contributed by atoms with Gasteiger partial charge in [0.05, 0.1) is 0 Å². The monoisotopic (exact) mass is 240 g/mol. The molecule has 5 nitrogen and oxygen atoms in total. The third-order valence-corrected chi connectivity index (χ3v) is 3.88. The lowest BCUT2D eigenvalue weighted by Crippen LogP contribution is -2.47. The summed E-state index contributed by atoms with van der Waals surface area (Å²) in [6, 6.07) is -0.235. The molecule has 1 saturated heterocycles. The maximum absolute atomic E-state index is 11.9. The summed E-state index contributed by atoms with van der Waals surface area (Å²) in [5.41, 5.74) is -0.545. The minimum atomic E-state index is -0.545. The van der Waals surface area contributed by atoms with Gasteiger partial charge in [0.1, 0.15) is 5.54 Å². The van der Waals surface area contributed by atoms with E-state index in [0.717, 1.165) is 44.9 Å². The molecule has 2 rings (SSSR count). The average Bonchev–Trinajstić information content (AvgIpc) is 2.86. The number of hydrogen-bond donors (Lipinski definition) is 2. The number of aliphatic hydroxyl groups is 1. The van der Waals surface area contributed by atoms with E-state index in [2.05, 4.69) is 5.32 Å². The Balaban J connectivity index is 1.97. The summed E-state index contributed by atoms with van der Waals surface area (Å²) in [6.07, 6.45) is 6.14. The van der Waals surface area contributed by atoms with E-state index >= 15 is 0 Å². The number of hydrogen-bond acceptors (Lipinski definition) is 3. The van der Waals surface area contributed by atoms with Crippen molar-refractivity contribution in [3.63, 3.8) is 0 Å². The molecule has 17 heavy (non-hydrogen) atoms. The van der Waals surface area contributed by atoms with Crippen LogP contribution in [0.15, 0.2) is 0 Å². The molecule has 0 bridgehead atoms. The third kappa shape index (κ3) is 2.16. The van der Waals surface area contributed by atoms with Crippen molar-refractivity contribution < 1.29 is 14.7 Å². The van der Waals surface area contributed by atoms with Crippen molar-refractivity contribution in [1.82, 2.24) is 10.2 Å². The van der Waals surface area contributed by atoms with E-state index in [9.17, 15) is 9.59 Å². The first kappa shape index (κ1) is 12.4. The topological polar surface area (TPSA) is 69.6 Å². The molecule has 2 N–H and O–H groups in total. The zero-order chi connectivity index (χ0) is 12.3. The molecule has 1 aliphatic heterocycles. The molecular weight excluding hydrogens is 220 g/mol. The Labute approximate surface area is 101 Å². The summed E-state index contributed by atoms with van der Waals surface area (Å²) >= 11 is 0. The smallest absolute Gasteiger partial charge is 0.325 e. The molecular formula is C12H20N2O3. The molecule has 1 spiro atoms. The van der Waals surface area contributed by atoms with Crippen LogP contribution in [0.4, 0.5) is 4.79 Å². The van der Waals surface area contributed by atoms with Gasteiger partial charge in [0, 0.05) is 13.2 Å². The van der Waals surface area contributed by atoms with Crippen molar-refractivity contribution in [3.05, 3.63) is 0 Å². The Kier molecular flexibility index (Phi) is 3.66. The Bertz CT molecular complexity index is 311. The quantitative estimate of drug-likeness (QED) is 0.556. The van der Waals surface area contributed by atoms with Gasteiger partial charge in [-0.3, -0.25) is 10.1 Å². The fourth-order valence-electron chi connectivity index (χ4n) is 2.93. The van der Waals surface area contributed by atoms with Gasteiger partial charge in [-0.1, -0.05) is 12.8 Å². The highest BCUT2D eigenvalue weighted by Gasteiger charge is 2.53. The lowest BCUT2D eigenvalue weighted by molar-refractivity contribution is -0.126. The van der Waals surface area contributed by atoms with E-state index in [-0.39, 0.29) is 18.5 Å². The predicted molar refractivity (Wildman–Crippen MR) is 62.4 cm³/mol. The Morgan fingerprint density at radius 1 is 1.18 bits per heavy atom. The van der Waals surface area contributed by atoms with Gasteiger partial charge in [0.25, 0.3) is 5.91 Å². The fourth-order valence-corrected chi connectivity index (χ4v) is 2.93. The van der Waals surface area contributed by atoms with Crippen LogP contribution in [0.2, 0.25) is 0 Å². The Morgan fingerprint density at radius 3 is 2.53 bits per heavy atom. The van der Waals surface area contributed by atoms with Crippen LogP contribution in [0, 0.1) is 0 Å². The lowest BCUT2D eigenvalue weighted by Gasteiger charge is -2.31. The minimum absolute atomic E-state index is 0.109. The lowest BCUT2D eigenvalue weighted by atomic mass is 9.95. The van der Waals surface area contributed by atoms with Crippen molar-refractivity contribution in [2.24, 2.45) is 0 Å². The largest absolute Gasteiger partial charge is 0.396 e.